The molecule has 0 aliphatic heterocycles. The Labute approximate surface area is 84.3 Å². The van der Waals surface area contributed by atoms with Gasteiger partial charge in [0.2, 0.25) is 5.91 Å². The molecule has 0 aliphatic rings. The quantitative estimate of drug-likeness (QED) is 0.556. The second-order valence-electron chi connectivity index (χ2n) is 3.20. The summed E-state index contributed by atoms with van der Waals surface area (Å²) in [4.78, 5) is 13.0. The number of hydrogen-bond acceptors (Lipinski definition) is 4. The third-order valence-corrected chi connectivity index (χ3v) is 1.97. The summed E-state index contributed by atoms with van der Waals surface area (Å²) in [5.41, 5.74) is 0. The van der Waals surface area contributed by atoms with E-state index in [9.17, 15) is 4.79 Å². The SMILES string of the molecule is CC(CO)N(C)CC(=O)NCCC#N. The van der Waals surface area contributed by atoms with Crippen LogP contribution in [0.1, 0.15) is 13.3 Å². The van der Waals surface area contributed by atoms with E-state index in [-0.39, 0.29) is 25.1 Å². The first-order chi connectivity index (χ1) is 6.61. The lowest BCUT2D eigenvalue weighted by Gasteiger charge is -2.21. The number of nitrogens with one attached hydrogen (secondary N) is 1. The zero-order valence-corrected chi connectivity index (χ0v) is 8.66. The molecule has 0 heterocycles. The third-order valence-electron chi connectivity index (χ3n) is 1.97. The Kier molecular flexibility index (Phi) is 6.72. The first kappa shape index (κ1) is 12.9. The highest BCUT2D eigenvalue weighted by atomic mass is 16.3. The fourth-order valence-electron chi connectivity index (χ4n) is 0.835. The number of nitrogens with zero attached hydrogens (tertiary/aromatic N) is 2. The highest BCUT2D eigenvalue weighted by molar-refractivity contribution is 5.77. The number of rotatable bonds is 6. The highest BCUT2D eigenvalue weighted by Crippen LogP contribution is 1.92. The van der Waals surface area contributed by atoms with Gasteiger partial charge in [-0.3, -0.25) is 9.69 Å². The van der Waals surface area contributed by atoms with E-state index in [0.29, 0.717) is 13.0 Å². The fourth-order valence-corrected chi connectivity index (χ4v) is 0.835. The van der Waals surface area contributed by atoms with E-state index in [0.717, 1.165) is 0 Å². The van der Waals surface area contributed by atoms with Crippen LogP contribution in [0, 0.1) is 11.3 Å². The molecule has 80 valence electrons. The number of likely N-dealkylation sites (N-methyl/N-ethyl adjacent to an activating group) is 1. The number of aliphatic hydroxyl groups excluding tert-OH is 1. The zero-order valence-electron chi connectivity index (χ0n) is 8.66. The zero-order chi connectivity index (χ0) is 11.0. The molecule has 0 aromatic heterocycles. The molecule has 14 heavy (non-hydrogen) atoms. The molecule has 0 saturated carbocycles. The molecule has 0 aromatic rings. The van der Waals surface area contributed by atoms with Gasteiger partial charge in [0, 0.05) is 12.6 Å². The Morgan fingerprint density at radius 3 is 2.86 bits per heavy atom. The van der Waals surface area contributed by atoms with Crippen LogP contribution in [0.25, 0.3) is 0 Å². The van der Waals surface area contributed by atoms with Crippen molar-refractivity contribution in [3.05, 3.63) is 0 Å². The smallest absolute Gasteiger partial charge is 0.234 e. The number of hydrogen-bond donors (Lipinski definition) is 2. The summed E-state index contributed by atoms with van der Waals surface area (Å²) in [6.45, 7) is 2.49. The second kappa shape index (κ2) is 7.30. The summed E-state index contributed by atoms with van der Waals surface area (Å²) in [6, 6.07) is 1.91. The molecule has 5 nitrogen and oxygen atoms in total. The van der Waals surface area contributed by atoms with Gasteiger partial charge in [-0.05, 0) is 14.0 Å². The van der Waals surface area contributed by atoms with Crippen molar-refractivity contribution in [2.75, 3.05) is 26.7 Å². The monoisotopic (exact) mass is 199 g/mol. The van der Waals surface area contributed by atoms with Gasteiger partial charge >= 0.3 is 0 Å². The Morgan fingerprint density at radius 2 is 2.36 bits per heavy atom. The van der Waals surface area contributed by atoms with Crippen molar-refractivity contribution in [3.8, 4) is 6.07 Å². The van der Waals surface area contributed by atoms with E-state index < -0.39 is 0 Å². The van der Waals surface area contributed by atoms with E-state index in [1.807, 2.05) is 13.0 Å². The van der Waals surface area contributed by atoms with Gasteiger partial charge in [0.25, 0.3) is 0 Å². The van der Waals surface area contributed by atoms with Gasteiger partial charge < -0.3 is 10.4 Å². The molecule has 5 heteroatoms. The largest absolute Gasteiger partial charge is 0.395 e. The minimum atomic E-state index is -0.122. The van der Waals surface area contributed by atoms with Crippen LogP contribution in [-0.4, -0.2) is 48.7 Å². The molecule has 0 saturated heterocycles. The van der Waals surface area contributed by atoms with Crippen molar-refractivity contribution in [1.29, 1.82) is 5.26 Å². The maximum Gasteiger partial charge on any atom is 0.234 e. The summed E-state index contributed by atoms with van der Waals surface area (Å²) in [6.07, 6.45) is 0.324. The number of nitriles is 1. The molecular weight excluding hydrogens is 182 g/mol. The van der Waals surface area contributed by atoms with E-state index in [1.54, 1.807) is 11.9 Å². The van der Waals surface area contributed by atoms with E-state index in [2.05, 4.69) is 5.32 Å². The lowest BCUT2D eigenvalue weighted by molar-refractivity contribution is -0.122. The van der Waals surface area contributed by atoms with E-state index in [1.165, 1.54) is 0 Å². The van der Waals surface area contributed by atoms with Crippen LogP contribution >= 0.6 is 0 Å². The molecule has 1 unspecified atom stereocenters. The van der Waals surface area contributed by atoms with Gasteiger partial charge in [0.1, 0.15) is 0 Å². The average molecular weight is 199 g/mol. The van der Waals surface area contributed by atoms with Crippen molar-refractivity contribution in [2.24, 2.45) is 0 Å². The van der Waals surface area contributed by atoms with Gasteiger partial charge in [-0.2, -0.15) is 5.26 Å². The van der Waals surface area contributed by atoms with Gasteiger partial charge in [-0.15, -0.1) is 0 Å². The van der Waals surface area contributed by atoms with Crippen LogP contribution in [-0.2, 0) is 4.79 Å². The summed E-state index contributed by atoms with van der Waals surface area (Å²) >= 11 is 0. The molecule has 0 aromatic carbocycles. The molecule has 1 atom stereocenters. The lowest BCUT2D eigenvalue weighted by Crippen LogP contribution is -2.41. The van der Waals surface area contributed by atoms with Crippen LogP contribution < -0.4 is 5.32 Å². The van der Waals surface area contributed by atoms with Crippen LogP contribution in [0.15, 0.2) is 0 Å². The summed E-state index contributed by atoms with van der Waals surface area (Å²) in [5, 5.41) is 19.7. The maximum atomic E-state index is 11.2. The van der Waals surface area contributed by atoms with E-state index >= 15 is 0 Å². The molecular formula is C9H17N3O2. The van der Waals surface area contributed by atoms with Crippen LogP contribution in [0.4, 0.5) is 0 Å². The third kappa shape index (κ3) is 5.51. The minimum Gasteiger partial charge on any atom is -0.395 e. The summed E-state index contributed by atoms with van der Waals surface area (Å²) < 4.78 is 0. The first-order valence-corrected chi connectivity index (χ1v) is 4.56. The van der Waals surface area contributed by atoms with Gasteiger partial charge in [-0.1, -0.05) is 0 Å². The van der Waals surface area contributed by atoms with Gasteiger partial charge in [0.15, 0.2) is 0 Å². The molecule has 0 aliphatic carbocycles. The van der Waals surface area contributed by atoms with Crippen molar-refractivity contribution in [1.82, 2.24) is 10.2 Å². The van der Waals surface area contributed by atoms with Crippen LogP contribution in [0.2, 0.25) is 0 Å². The number of carbonyl (C=O) groups excluding carboxylic acids is 1. The molecule has 2 N–H and O–H groups in total. The first-order valence-electron chi connectivity index (χ1n) is 4.56. The number of aliphatic hydroxyl groups is 1. The molecule has 1 amide bonds. The molecule has 0 bridgehead atoms. The van der Waals surface area contributed by atoms with Crippen molar-refractivity contribution < 1.29 is 9.90 Å². The molecule has 0 rings (SSSR count). The predicted octanol–water partition coefficient (Wildman–Crippen LogP) is -0.671. The van der Waals surface area contributed by atoms with Crippen LogP contribution in [0.5, 0.6) is 0 Å². The van der Waals surface area contributed by atoms with Crippen LogP contribution in [0.3, 0.4) is 0 Å². The normalized spacial score (nSPS) is 12.2. The van der Waals surface area contributed by atoms with Crippen molar-refractivity contribution in [3.63, 3.8) is 0 Å². The number of carbonyl (C=O) groups is 1. The van der Waals surface area contributed by atoms with Gasteiger partial charge in [-0.25, -0.2) is 0 Å². The summed E-state index contributed by atoms with van der Waals surface area (Å²) in [5.74, 6) is -0.122. The Balaban J connectivity index is 3.66. The summed E-state index contributed by atoms with van der Waals surface area (Å²) in [7, 11) is 1.77. The highest BCUT2D eigenvalue weighted by Gasteiger charge is 2.11. The minimum absolute atomic E-state index is 0.0297. The maximum absolute atomic E-state index is 11.2. The second-order valence-corrected chi connectivity index (χ2v) is 3.20. The Hall–Kier alpha value is -1.12. The predicted molar refractivity (Wildman–Crippen MR) is 52.4 cm³/mol. The van der Waals surface area contributed by atoms with Crippen molar-refractivity contribution >= 4 is 5.91 Å². The average Bonchev–Trinajstić information content (AvgIpc) is 2.16. The lowest BCUT2D eigenvalue weighted by atomic mass is 10.3. The Morgan fingerprint density at radius 1 is 1.71 bits per heavy atom. The standard InChI is InChI=1S/C9H17N3O2/c1-8(7-13)12(2)6-9(14)11-5-3-4-10/h8,13H,3,5-7H2,1-2H3,(H,11,14). The van der Waals surface area contributed by atoms with Gasteiger partial charge in [0.05, 0.1) is 25.6 Å². The molecule has 0 spiro atoms. The fraction of sp³-hybridized carbons (Fsp3) is 0.778. The number of amides is 1. The Bertz CT molecular complexity index is 213. The molecule has 0 fully saturated rings. The molecule has 0 radical (unpaired) electrons. The topological polar surface area (TPSA) is 76.4 Å². The van der Waals surface area contributed by atoms with Crippen molar-refractivity contribution in [2.45, 2.75) is 19.4 Å². The van der Waals surface area contributed by atoms with E-state index in [4.69, 9.17) is 10.4 Å².